The molecule has 1 aliphatic rings. The van der Waals surface area contributed by atoms with E-state index < -0.39 is 5.97 Å². The molecule has 0 N–H and O–H groups in total. The number of rotatable bonds is 6. The number of aryl methyl sites for hydroxylation is 1. The molecule has 27 heavy (non-hydrogen) atoms. The van der Waals surface area contributed by atoms with Crippen molar-refractivity contribution in [3.05, 3.63) is 63.3 Å². The molecule has 0 unspecified atom stereocenters. The van der Waals surface area contributed by atoms with E-state index >= 15 is 0 Å². The van der Waals surface area contributed by atoms with Crippen LogP contribution in [0.4, 0.5) is 0 Å². The number of aliphatic imine (C=N–C) groups is 1. The topological polar surface area (TPSA) is 57.1 Å². The standard InChI is InChI=1S/C21H20BrNO4/c1-4-25-19-11-16(10-18-21(24)27-14(3)23-18)9-17(22)20(19)26-12-15-7-5-13(2)6-8-15/h5-11H,4,12H2,1-3H3/b18-10+. The Kier molecular flexibility index (Phi) is 5.96. The predicted molar refractivity (Wildman–Crippen MR) is 108 cm³/mol. The molecule has 0 atom stereocenters. The van der Waals surface area contributed by atoms with Crippen LogP contribution in [0.5, 0.6) is 11.5 Å². The Bertz CT molecular complexity index is 917. The van der Waals surface area contributed by atoms with Crippen LogP contribution in [0, 0.1) is 6.92 Å². The van der Waals surface area contributed by atoms with Crippen molar-refractivity contribution in [3.63, 3.8) is 0 Å². The van der Waals surface area contributed by atoms with Gasteiger partial charge in [-0.3, -0.25) is 0 Å². The summed E-state index contributed by atoms with van der Waals surface area (Å²) in [6, 6.07) is 11.9. The molecule has 1 heterocycles. The molecule has 2 aromatic carbocycles. The number of hydrogen-bond acceptors (Lipinski definition) is 5. The quantitative estimate of drug-likeness (QED) is 0.476. The molecular weight excluding hydrogens is 410 g/mol. The molecule has 0 aromatic heterocycles. The Morgan fingerprint density at radius 1 is 1.15 bits per heavy atom. The summed E-state index contributed by atoms with van der Waals surface area (Å²) in [5, 5.41) is 0. The normalized spacial score (nSPS) is 14.9. The summed E-state index contributed by atoms with van der Waals surface area (Å²) in [4.78, 5) is 15.9. The van der Waals surface area contributed by atoms with E-state index in [1.807, 2.05) is 38.1 Å². The van der Waals surface area contributed by atoms with E-state index in [2.05, 4.69) is 33.1 Å². The summed E-state index contributed by atoms with van der Waals surface area (Å²) >= 11 is 3.54. The van der Waals surface area contributed by atoms with Gasteiger partial charge in [0.15, 0.2) is 23.1 Å². The molecular formula is C21H20BrNO4. The molecule has 0 amide bonds. The van der Waals surface area contributed by atoms with Crippen molar-refractivity contribution in [2.75, 3.05) is 6.61 Å². The predicted octanol–water partition coefficient (Wildman–Crippen LogP) is 5.05. The molecule has 0 radical (unpaired) electrons. The van der Waals surface area contributed by atoms with Gasteiger partial charge in [-0.05, 0) is 59.1 Å². The number of esters is 1. The lowest BCUT2D eigenvalue weighted by atomic mass is 10.1. The van der Waals surface area contributed by atoms with Crippen molar-refractivity contribution >= 4 is 33.9 Å². The van der Waals surface area contributed by atoms with E-state index in [1.165, 1.54) is 5.56 Å². The minimum Gasteiger partial charge on any atom is -0.490 e. The van der Waals surface area contributed by atoms with E-state index in [4.69, 9.17) is 14.2 Å². The zero-order valence-corrected chi connectivity index (χ0v) is 17.0. The van der Waals surface area contributed by atoms with Crippen molar-refractivity contribution in [1.82, 2.24) is 0 Å². The van der Waals surface area contributed by atoms with Gasteiger partial charge in [-0.15, -0.1) is 0 Å². The number of nitrogens with zero attached hydrogens (tertiary/aromatic N) is 1. The SMILES string of the molecule is CCOc1cc(/C=C2/N=C(C)OC2=O)cc(Br)c1OCc1ccc(C)cc1. The molecule has 1 aliphatic heterocycles. The van der Waals surface area contributed by atoms with Gasteiger partial charge in [0.05, 0.1) is 11.1 Å². The molecule has 140 valence electrons. The van der Waals surface area contributed by atoms with Gasteiger partial charge in [0.25, 0.3) is 0 Å². The molecule has 0 fully saturated rings. The lowest BCUT2D eigenvalue weighted by Gasteiger charge is -2.15. The summed E-state index contributed by atoms with van der Waals surface area (Å²) in [5.41, 5.74) is 3.30. The molecule has 0 spiro atoms. The monoisotopic (exact) mass is 429 g/mol. The maximum Gasteiger partial charge on any atom is 0.363 e. The first kappa shape index (κ1) is 19.2. The van der Waals surface area contributed by atoms with Gasteiger partial charge in [-0.1, -0.05) is 29.8 Å². The summed E-state index contributed by atoms with van der Waals surface area (Å²) in [6.07, 6.45) is 1.66. The molecule has 2 aromatic rings. The van der Waals surface area contributed by atoms with Crippen LogP contribution >= 0.6 is 15.9 Å². The zero-order valence-electron chi connectivity index (χ0n) is 15.4. The third-order valence-corrected chi connectivity index (χ3v) is 4.46. The Labute approximate surface area is 166 Å². The average molecular weight is 430 g/mol. The maximum absolute atomic E-state index is 11.8. The van der Waals surface area contributed by atoms with Gasteiger partial charge in [0.1, 0.15) is 6.61 Å². The molecule has 6 heteroatoms. The molecule has 5 nitrogen and oxygen atoms in total. The number of benzene rings is 2. The van der Waals surface area contributed by atoms with Gasteiger partial charge >= 0.3 is 5.97 Å². The van der Waals surface area contributed by atoms with Crippen LogP contribution in [-0.2, 0) is 16.1 Å². The summed E-state index contributed by atoms with van der Waals surface area (Å²) in [6.45, 7) is 6.52. The number of hydrogen-bond donors (Lipinski definition) is 0. The Balaban J connectivity index is 1.87. The summed E-state index contributed by atoms with van der Waals surface area (Å²) in [5.74, 6) is 1.10. The molecule has 0 saturated heterocycles. The van der Waals surface area contributed by atoms with Crippen LogP contribution < -0.4 is 9.47 Å². The average Bonchev–Trinajstić information content (AvgIpc) is 2.93. The van der Waals surface area contributed by atoms with Crippen LogP contribution in [0.2, 0.25) is 0 Å². The lowest BCUT2D eigenvalue weighted by Crippen LogP contribution is -2.02. The first-order valence-electron chi connectivity index (χ1n) is 8.60. The second-order valence-corrected chi connectivity index (χ2v) is 6.94. The second kappa shape index (κ2) is 8.39. The summed E-state index contributed by atoms with van der Waals surface area (Å²) < 4.78 is 17.4. The van der Waals surface area contributed by atoms with Gasteiger partial charge < -0.3 is 14.2 Å². The highest BCUT2D eigenvalue weighted by molar-refractivity contribution is 9.10. The van der Waals surface area contributed by atoms with E-state index in [9.17, 15) is 4.79 Å². The van der Waals surface area contributed by atoms with Crippen molar-refractivity contribution in [2.24, 2.45) is 4.99 Å². The smallest absolute Gasteiger partial charge is 0.363 e. The third-order valence-electron chi connectivity index (χ3n) is 3.87. The fourth-order valence-corrected chi connectivity index (χ4v) is 3.16. The Hall–Kier alpha value is -2.60. The number of ether oxygens (including phenoxy) is 3. The minimum atomic E-state index is -0.457. The minimum absolute atomic E-state index is 0.259. The van der Waals surface area contributed by atoms with Crippen molar-refractivity contribution in [2.45, 2.75) is 27.4 Å². The zero-order chi connectivity index (χ0) is 19.4. The van der Waals surface area contributed by atoms with Gasteiger partial charge in [0.2, 0.25) is 0 Å². The number of carbonyl (C=O) groups is 1. The van der Waals surface area contributed by atoms with E-state index in [0.717, 1.165) is 15.6 Å². The molecule has 0 bridgehead atoms. The van der Waals surface area contributed by atoms with Gasteiger partial charge in [-0.25, -0.2) is 9.79 Å². The van der Waals surface area contributed by atoms with Crippen molar-refractivity contribution in [1.29, 1.82) is 0 Å². The molecule has 0 saturated carbocycles. The van der Waals surface area contributed by atoms with E-state index in [1.54, 1.807) is 13.0 Å². The number of carbonyl (C=O) groups excluding carboxylic acids is 1. The van der Waals surface area contributed by atoms with E-state index in [0.29, 0.717) is 30.6 Å². The van der Waals surface area contributed by atoms with Gasteiger partial charge in [-0.2, -0.15) is 0 Å². The van der Waals surface area contributed by atoms with Crippen molar-refractivity contribution in [3.8, 4) is 11.5 Å². The van der Waals surface area contributed by atoms with E-state index in [-0.39, 0.29) is 5.70 Å². The number of cyclic esters (lactones) is 1. The van der Waals surface area contributed by atoms with Crippen LogP contribution in [0.15, 0.2) is 51.6 Å². The maximum atomic E-state index is 11.8. The fourth-order valence-electron chi connectivity index (χ4n) is 2.59. The van der Waals surface area contributed by atoms with Crippen LogP contribution in [0.1, 0.15) is 30.5 Å². The van der Waals surface area contributed by atoms with Crippen molar-refractivity contribution < 1.29 is 19.0 Å². The first-order valence-corrected chi connectivity index (χ1v) is 9.39. The Morgan fingerprint density at radius 2 is 1.89 bits per heavy atom. The second-order valence-electron chi connectivity index (χ2n) is 6.09. The molecule has 3 rings (SSSR count). The highest BCUT2D eigenvalue weighted by atomic mass is 79.9. The highest BCUT2D eigenvalue weighted by Crippen LogP contribution is 2.38. The molecule has 0 aliphatic carbocycles. The third kappa shape index (κ3) is 4.77. The van der Waals surface area contributed by atoms with Gasteiger partial charge in [0, 0.05) is 6.92 Å². The van der Waals surface area contributed by atoms with Crippen LogP contribution in [0.3, 0.4) is 0 Å². The first-order chi connectivity index (χ1) is 13.0. The van der Waals surface area contributed by atoms with Crippen LogP contribution in [-0.4, -0.2) is 18.5 Å². The van der Waals surface area contributed by atoms with Crippen LogP contribution in [0.25, 0.3) is 6.08 Å². The highest BCUT2D eigenvalue weighted by Gasteiger charge is 2.20. The summed E-state index contributed by atoms with van der Waals surface area (Å²) in [7, 11) is 0. The Morgan fingerprint density at radius 3 is 2.52 bits per heavy atom. The number of halogens is 1. The fraction of sp³-hybridized carbons (Fsp3) is 0.238. The largest absolute Gasteiger partial charge is 0.490 e. The lowest BCUT2D eigenvalue weighted by molar-refractivity contribution is -0.130.